The fourth-order valence-electron chi connectivity index (χ4n) is 2.71. The van der Waals surface area contributed by atoms with Gasteiger partial charge in [-0.1, -0.05) is 37.1 Å². The number of likely N-dealkylation sites (tertiary alicyclic amines) is 1. The Balaban J connectivity index is 1.69. The van der Waals surface area contributed by atoms with Gasteiger partial charge in [0.1, 0.15) is 0 Å². The highest BCUT2D eigenvalue weighted by molar-refractivity contribution is 5.76. The summed E-state index contributed by atoms with van der Waals surface area (Å²) in [6, 6.07) is 8.20. The Bertz CT molecular complexity index is 423. The molecule has 0 aliphatic carbocycles. The molecule has 1 aliphatic heterocycles. The van der Waals surface area contributed by atoms with Crippen LogP contribution in [0.2, 0.25) is 0 Å². The molecule has 0 atom stereocenters. The van der Waals surface area contributed by atoms with E-state index < -0.39 is 0 Å². The summed E-state index contributed by atoms with van der Waals surface area (Å²) in [6.45, 7) is 5.94. The minimum absolute atomic E-state index is 0.164. The molecule has 0 saturated carbocycles. The highest BCUT2D eigenvalue weighted by Gasteiger charge is 2.10. The normalized spacial score (nSPS) is 16.6. The van der Waals surface area contributed by atoms with E-state index in [-0.39, 0.29) is 5.91 Å². The molecule has 2 rings (SSSR count). The number of hydrogen-bond acceptors (Lipinski definition) is 2. The van der Waals surface area contributed by atoms with Crippen molar-refractivity contribution in [3.63, 3.8) is 0 Å². The Labute approximate surface area is 122 Å². The molecular weight excluding hydrogens is 248 g/mol. The third-order valence-electron chi connectivity index (χ3n) is 4.09. The summed E-state index contributed by atoms with van der Waals surface area (Å²) in [7, 11) is 0. The molecule has 1 aromatic rings. The van der Waals surface area contributed by atoms with Crippen LogP contribution >= 0.6 is 0 Å². The Morgan fingerprint density at radius 1 is 1.15 bits per heavy atom. The molecule has 1 saturated heterocycles. The number of carbonyl (C=O) groups is 1. The van der Waals surface area contributed by atoms with Crippen molar-refractivity contribution in [1.82, 2.24) is 10.2 Å². The van der Waals surface area contributed by atoms with Gasteiger partial charge >= 0.3 is 0 Å². The summed E-state index contributed by atoms with van der Waals surface area (Å²) >= 11 is 0. The van der Waals surface area contributed by atoms with Gasteiger partial charge in [-0.15, -0.1) is 0 Å². The molecule has 110 valence electrons. The number of hydrogen-bond donors (Lipinski definition) is 1. The third-order valence-corrected chi connectivity index (χ3v) is 4.09. The first-order chi connectivity index (χ1) is 9.75. The van der Waals surface area contributed by atoms with Crippen molar-refractivity contribution in [2.24, 2.45) is 0 Å². The second kappa shape index (κ2) is 8.05. The number of amides is 1. The van der Waals surface area contributed by atoms with Crippen molar-refractivity contribution in [3.8, 4) is 0 Å². The second-order valence-corrected chi connectivity index (χ2v) is 5.71. The maximum absolute atomic E-state index is 11.9. The summed E-state index contributed by atoms with van der Waals surface area (Å²) in [5.74, 6) is 0.164. The van der Waals surface area contributed by atoms with Crippen molar-refractivity contribution in [2.75, 3.05) is 19.6 Å². The smallest absolute Gasteiger partial charge is 0.221 e. The van der Waals surface area contributed by atoms with Crippen LogP contribution in [0.4, 0.5) is 0 Å². The molecule has 0 bridgehead atoms. The van der Waals surface area contributed by atoms with Crippen molar-refractivity contribution in [1.29, 1.82) is 0 Å². The Morgan fingerprint density at radius 3 is 2.55 bits per heavy atom. The lowest BCUT2D eigenvalue weighted by molar-refractivity contribution is -0.121. The van der Waals surface area contributed by atoms with Gasteiger partial charge in [0.25, 0.3) is 0 Å². The number of nitrogens with zero attached hydrogens (tertiary/aromatic N) is 1. The average Bonchev–Trinajstić information content (AvgIpc) is 2.73. The van der Waals surface area contributed by atoms with E-state index >= 15 is 0 Å². The van der Waals surface area contributed by atoms with Gasteiger partial charge < -0.3 is 10.2 Å². The van der Waals surface area contributed by atoms with E-state index in [2.05, 4.69) is 29.3 Å². The molecule has 3 nitrogen and oxygen atoms in total. The number of carbonyl (C=O) groups excluding carboxylic acids is 1. The summed E-state index contributed by atoms with van der Waals surface area (Å²) in [4.78, 5) is 14.3. The lowest BCUT2D eigenvalue weighted by Gasteiger charge is -2.19. The molecule has 3 heteroatoms. The molecule has 1 N–H and O–H groups in total. The van der Waals surface area contributed by atoms with Crippen LogP contribution < -0.4 is 5.32 Å². The van der Waals surface area contributed by atoms with E-state index in [0.29, 0.717) is 13.0 Å². The Morgan fingerprint density at radius 2 is 1.85 bits per heavy atom. The maximum atomic E-state index is 11.9. The van der Waals surface area contributed by atoms with Gasteiger partial charge in [-0.2, -0.15) is 0 Å². The van der Waals surface area contributed by atoms with Gasteiger partial charge in [0, 0.05) is 19.5 Å². The molecule has 1 aliphatic rings. The molecule has 1 amide bonds. The van der Waals surface area contributed by atoms with Gasteiger partial charge in [-0.05, 0) is 44.0 Å². The molecule has 0 radical (unpaired) electrons. The van der Waals surface area contributed by atoms with Crippen molar-refractivity contribution in [3.05, 3.63) is 35.4 Å². The van der Waals surface area contributed by atoms with Crippen LogP contribution in [-0.4, -0.2) is 30.4 Å². The lowest BCUT2D eigenvalue weighted by Crippen LogP contribution is -2.31. The zero-order valence-electron chi connectivity index (χ0n) is 12.5. The molecule has 0 unspecified atom stereocenters. The summed E-state index contributed by atoms with van der Waals surface area (Å²) in [6.07, 6.45) is 5.87. The Kier molecular flexibility index (Phi) is 6.06. The van der Waals surface area contributed by atoms with Crippen LogP contribution in [0.1, 0.15) is 43.2 Å². The van der Waals surface area contributed by atoms with Gasteiger partial charge in [0.15, 0.2) is 0 Å². The predicted octanol–water partition coefficient (Wildman–Crippen LogP) is 2.88. The topological polar surface area (TPSA) is 32.3 Å². The highest BCUT2D eigenvalue weighted by atomic mass is 16.1. The van der Waals surface area contributed by atoms with Gasteiger partial charge in [-0.3, -0.25) is 4.79 Å². The van der Waals surface area contributed by atoms with Crippen molar-refractivity contribution in [2.45, 2.75) is 45.6 Å². The first kappa shape index (κ1) is 15.0. The summed E-state index contributed by atoms with van der Waals surface area (Å²) in [5.41, 5.74) is 2.44. The maximum Gasteiger partial charge on any atom is 0.221 e. The van der Waals surface area contributed by atoms with E-state index in [1.807, 2.05) is 12.1 Å². The molecule has 0 spiro atoms. The molecule has 20 heavy (non-hydrogen) atoms. The number of aryl methyl sites for hydroxylation is 1. The molecule has 1 aromatic carbocycles. The lowest BCUT2D eigenvalue weighted by atomic mass is 10.1. The summed E-state index contributed by atoms with van der Waals surface area (Å²) in [5, 5.41) is 3.03. The van der Waals surface area contributed by atoms with Crippen LogP contribution in [0.25, 0.3) is 0 Å². The average molecular weight is 274 g/mol. The first-order valence-electron chi connectivity index (χ1n) is 7.79. The van der Waals surface area contributed by atoms with Crippen LogP contribution in [0, 0.1) is 6.92 Å². The predicted molar refractivity (Wildman–Crippen MR) is 82.6 cm³/mol. The van der Waals surface area contributed by atoms with Crippen LogP contribution in [0.15, 0.2) is 24.3 Å². The third kappa shape index (κ3) is 4.97. The van der Waals surface area contributed by atoms with Gasteiger partial charge in [-0.25, -0.2) is 0 Å². The summed E-state index contributed by atoms with van der Waals surface area (Å²) < 4.78 is 0. The van der Waals surface area contributed by atoms with E-state index in [9.17, 15) is 4.79 Å². The van der Waals surface area contributed by atoms with Gasteiger partial charge in [0.05, 0.1) is 0 Å². The van der Waals surface area contributed by atoms with Gasteiger partial charge in [0.2, 0.25) is 5.91 Å². The van der Waals surface area contributed by atoms with E-state index in [1.54, 1.807) is 0 Å². The zero-order chi connectivity index (χ0) is 14.2. The zero-order valence-corrected chi connectivity index (χ0v) is 12.5. The van der Waals surface area contributed by atoms with Crippen LogP contribution in [0.3, 0.4) is 0 Å². The largest absolute Gasteiger partial charge is 0.352 e. The molecule has 1 heterocycles. The van der Waals surface area contributed by atoms with Crippen LogP contribution in [-0.2, 0) is 11.3 Å². The number of rotatable bonds is 5. The minimum atomic E-state index is 0.164. The van der Waals surface area contributed by atoms with E-state index in [0.717, 1.165) is 19.6 Å². The minimum Gasteiger partial charge on any atom is -0.352 e. The standard InChI is InChI=1S/C17H26N2O/c1-15-8-4-5-9-16(15)14-18-17(20)10-13-19-11-6-2-3-7-12-19/h4-5,8-9H,2-3,6-7,10-14H2,1H3,(H,18,20). The highest BCUT2D eigenvalue weighted by Crippen LogP contribution is 2.10. The quantitative estimate of drug-likeness (QED) is 0.895. The Hall–Kier alpha value is -1.35. The fraction of sp³-hybridized carbons (Fsp3) is 0.588. The van der Waals surface area contributed by atoms with Crippen LogP contribution in [0.5, 0.6) is 0 Å². The molecule has 0 aromatic heterocycles. The van der Waals surface area contributed by atoms with E-state index in [4.69, 9.17) is 0 Å². The van der Waals surface area contributed by atoms with Crippen molar-refractivity contribution < 1.29 is 4.79 Å². The van der Waals surface area contributed by atoms with Crippen molar-refractivity contribution >= 4 is 5.91 Å². The SMILES string of the molecule is Cc1ccccc1CNC(=O)CCN1CCCCCC1. The molecular formula is C17H26N2O. The number of nitrogens with one attached hydrogen (secondary N) is 1. The van der Waals surface area contributed by atoms with E-state index in [1.165, 1.54) is 36.8 Å². The number of benzene rings is 1. The second-order valence-electron chi connectivity index (χ2n) is 5.71. The monoisotopic (exact) mass is 274 g/mol. The fourth-order valence-corrected chi connectivity index (χ4v) is 2.71. The molecule has 1 fully saturated rings. The first-order valence-corrected chi connectivity index (χ1v) is 7.79.